The van der Waals surface area contributed by atoms with Crippen molar-refractivity contribution in [2.75, 3.05) is 5.32 Å². The van der Waals surface area contributed by atoms with Crippen molar-refractivity contribution in [3.05, 3.63) is 47.5 Å². The van der Waals surface area contributed by atoms with Crippen LogP contribution in [0, 0.1) is 12.7 Å². The lowest BCUT2D eigenvalue weighted by atomic mass is 10.3. The van der Waals surface area contributed by atoms with Gasteiger partial charge >= 0.3 is 0 Å². The third-order valence-corrected chi connectivity index (χ3v) is 2.63. The molecule has 2 rings (SSSR count). The van der Waals surface area contributed by atoms with E-state index >= 15 is 0 Å². The van der Waals surface area contributed by atoms with E-state index in [0.717, 1.165) is 0 Å². The van der Waals surface area contributed by atoms with Gasteiger partial charge in [-0.1, -0.05) is 12.1 Å². The molecule has 21 heavy (non-hydrogen) atoms. The number of hydrogen-bond donors (Lipinski definition) is 2. The second-order valence-corrected chi connectivity index (χ2v) is 4.95. The lowest BCUT2D eigenvalue weighted by Gasteiger charge is -2.10. The summed E-state index contributed by atoms with van der Waals surface area (Å²) >= 11 is 0. The molecule has 1 aromatic carbocycles. The Labute approximate surface area is 122 Å². The number of halogens is 1. The minimum absolute atomic E-state index is 0.00995. The van der Waals surface area contributed by atoms with Gasteiger partial charge in [-0.2, -0.15) is 0 Å². The summed E-state index contributed by atoms with van der Waals surface area (Å²) in [7, 11) is 0. The van der Waals surface area contributed by atoms with Gasteiger partial charge in [0.25, 0.3) is 5.91 Å². The number of carbonyl (C=O) groups excluding carboxylic acids is 1. The van der Waals surface area contributed by atoms with Gasteiger partial charge in [0, 0.05) is 11.7 Å². The van der Waals surface area contributed by atoms with Crippen LogP contribution in [0.4, 0.5) is 16.0 Å². The minimum atomic E-state index is -0.407. The van der Waals surface area contributed by atoms with Gasteiger partial charge in [0.2, 0.25) is 5.95 Å². The van der Waals surface area contributed by atoms with Crippen molar-refractivity contribution in [1.29, 1.82) is 0 Å². The smallest absolute Gasteiger partial charge is 0.270 e. The molecule has 0 atom stereocenters. The summed E-state index contributed by atoms with van der Waals surface area (Å²) in [5.41, 5.74) is 1.13. The van der Waals surface area contributed by atoms with Crippen molar-refractivity contribution < 1.29 is 9.18 Å². The highest BCUT2D eigenvalue weighted by atomic mass is 19.1. The average molecular weight is 288 g/mol. The van der Waals surface area contributed by atoms with E-state index in [1.807, 2.05) is 13.8 Å². The topological polar surface area (TPSA) is 66.9 Å². The Kier molecular flexibility index (Phi) is 4.47. The molecule has 0 saturated heterocycles. The molecule has 5 nitrogen and oxygen atoms in total. The summed E-state index contributed by atoms with van der Waals surface area (Å²) in [4.78, 5) is 20.3. The van der Waals surface area contributed by atoms with Gasteiger partial charge in [0.1, 0.15) is 11.5 Å². The van der Waals surface area contributed by atoms with E-state index in [1.54, 1.807) is 31.2 Å². The van der Waals surface area contributed by atoms with Crippen LogP contribution in [0.15, 0.2) is 30.3 Å². The normalized spacial score (nSPS) is 10.5. The highest BCUT2D eigenvalue weighted by Gasteiger charge is 2.12. The van der Waals surface area contributed by atoms with E-state index in [-0.39, 0.29) is 29.3 Å². The molecule has 1 heterocycles. The minimum Gasteiger partial charge on any atom is -0.349 e. The molecule has 0 spiro atoms. The summed E-state index contributed by atoms with van der Waals surface area (Å²) in [6.07, 6.45) is 0. The zero-order valence-corrected chi connectivity index (χ0v) is 12.1. The van der Waals surface area contributed by atoms with Gasteiger partial charge in [-0.05, 0) is 39.0 Å². The number of nitrogens with zero attached hydrogens (tertiary/aromatic N) is 2. The van der Waals surface area contributed by atoms with Gasteiger partial charge < -0.3 is 10.6 Å². The molecule has 0 bridgehead atoms. The standard InChI is InChI=1S/C15H17FN4O/c1-9(2)17-14(21)13-8-10(3)18-15(20-13)19-12-7-5-4-6-11(12)16/h4-9H,1-3H3,(H,17,21)(H,18,19,20). The molecular formula is C15H17FN4O. The maximum Gasteiger partial charge on any atom is 0.270 e. The predicted octanol–water partition coefficient (Wildman–Crippen LogP) is 2.81. The Morgan fingerprint density at radius 3 is 2.62 bits per heavy atom. The van der Waals surface area contributed by atoms with Crippen LogP contribution in [0.1, 0.15) is 30.0 Å². The lowest BCUT2D eigenvalue weighted by molar-refractivity contribution is 0.0938. The molecule has 1 aromatic heterocycles. The number of anilines is 2. The van der Waals surface area contributed by atoms with Crippen LogP contribution in [-0.4, -0.2) is 21.9 Å². The van der Waals surface area contributed by atoms with Gasteiger partial charge in [-0.3, -0.25) is 4.79 Å². The Bertz CT molecular complexity index is 658. The molecular weight excluding hydrogens is 271 g/mol. The molecule has 0 saturated carbocycles. The van der Waals surface area contributed by atoms with Crippen molar-refractivity contribution in [2.24, 2.45) is 0 Å². The van der Waals surface area contributed by atoms with Crippen LogP contribution in [0.3, 0.4) is 0 Å². The van der Waals surface area contributed by atoms with E-state index in [2.05, 4.69) is 20.6 Å². The largest absolute Gasteiger partial charge is 0.349 e. The van der Waals surface area contributed by atoms with E-state index in [9.17, 15) is 9.18 Å². The number of aromatic nitrogens is 2. The maximum absolute atomic E-state index is 13.6. The molecule has 0 aliphatic heterocycles. The van der Waals surface area contributed by atoms with E-state index in [0.29, 0.717) is 5.69 Å². The summed E-state index contributed by atoms with van der Waals surface area (Å²) in [6.45, 7) is 5.48. The number of hydrogen-bond acceptors (Lipinski definition) is 4. The Balaban J connectivity index is 2.27. The fourth-order valence-corrected chi connectivity index (χ4v) is 1.76. The SMILES string of the molecule is Cc1cc(C(=O)NC(C)C)nc(Nc2ccccc2F)n1. The summed E-state index contributed by atoms with van der Waals surface area (Å²) in [5, 5.41) is 5.54. The quantitative estimate of drug-likeness (QED) is 0.908. The molecule has 0 radical (unpaired) electrons. The Hall–Kier alpha value is -2.50. The van der Waals surface area contributed by atoms with Crippen LogP contribution in [0.25, 0.3) is 0 Å². The first-order chi connectivity index (χ1) is 9.95. The van der Waals surface area contributed by atoms with Crippen molar-refractivity contribution in [1.82, 2.24) is 15.3 Å². The zero-order chi connectivity index (χ0) is 15.4. The first-order valence-electron chi connectivity index (χ1n) is 6.64. The van der Waals surface area contributed by atoms with Crippen molar-refractivity contribution in [2.45, 2.75) is 26.8 Å². The van der Waals surface area contributed by atoms with Gasteiger partial charge in [-0.15, -0.1) is 0 Å². The number of nitrogens with one attached hydrogen (secondary N) is 2. The van der Waals surface area contributed by atoms with Gasteiger partial charge in [0.15, 0.2) is 0 Å². The second kappa shape index (κ2) is 6.30. The molecule has 1 amide bonds. The Morgan fingerprint density at radius 2 is 1.95 bits per heavy atom. The monoisotopic (exact) mass is 288 g/mol. The zero-order valence-electron chi connectivity index (χ0n) is 12.1. The molecule has 110 valence electrons. The molecule has 0 aliphatic rings. The summed E-state index contributed by atoms with van der Waals surface area (Å²) < 4.78 is 13.6. The highest BCUT2D eigenvalue weighted by molar-refractivity contribution is 5.92. The fraction of sp³-hybridized carbons (Fsp3) is 0.267. The van der Waals surface area contributed by atoms with Crippen LogP contribution < -0.4 is 10.6 Å². The highest BCUT2D eigenvalue weighted by Crippen LogP contribution is 2.17. The van der Waals surface area contributed by atoms with E-state index in [4.69, 9.17) is 0 Å². The van der Waals surface area contributed by atoms with Gasteiger partial charge in [-0.25, -0.2) is 14.4 Å². The van der Waals surface area contributed by atoms with Crippen molar-refractivity contribution >= 4 is 17.5 Å². The van der Waals surface area contributed by atoms with Crippen LogP contribution in [0.2, 0.25) is 0 Å². The van der Waals surface area contributed by atoms with Crippen LogP contribution in [-0.2, 0) is 0 Å². The summed E-state index contributed by atoms with van der Waals surface area (Å²) in [5.74, 6) is -0.503. The molecule has 0 aliphatic carbocycles. The van der Waals surface area contributed by atoms with E-state index < -0.39 is 5.82 Å². The van der Waals surface area contributed by atoms with Crippen LogP contribution >= 0.6 is 0 Å². The summed E-state index contributed by atoms with van der Waals surface area (Å²) in [6, 6.07) is 7.81. The number of para-hydroxylation sites is 1. The number of benzene rings is 1. The van der Waals surface area contributed by atoms with Crippen molar-refractivity contribution in [3.63, 3.8) is 0 Å². The van der Waals surface area contributed by atoms with E-state index in [1.165, 1.54) is 6.07 Å². The maximum atomic E-state index is 13.6. The second-order valence-electron chi connectivity index (χ2n) is 4.95. The van der Waals surface area contributed by atoms with Gasteiger partial charge in [0.05, 0.1) is 5.69 Å². The molecule has 2 N–H and O–H groups in total. The Morgan fingerprint density at radius 1 is 1.24 bits per heavy atom. The molecule has 0 fully saturated rings. The fourth-order valence-electron chi connectivity index (χ4n) is 1.76. The number of carbonyl (C=O) groups is 1. The first kappa shape index (κ1) is 14.9. The van der Waals surface area contributed by atoms with Crippen molar-refractivity contribution in [3.8, 4) is 0 Å². The average Bonchev–Trinajstić information content (AvgIpc) is 2.40. The molecule has 2 aromatic rings. The lowest BCUT2D eigenvalue weighted by Crippen LogP contribution is -2.31. The first-order valence-corrected chi connectivity index (χ1v) is 6.64. The molecule has 0 unspecified atom stereocenters. The van der Waals surface area contributed by atoms with Crippen LogP contribution in [0.5, 0.6) is 0 Å². The number of amides is 1. The third-order valence-electron chi connectivity index (χ3n) is 2.63. The number of rotatable bonds is 4. The number of aryl methyl sites for hydroxylation is 1. The predicted molar refractivity (Wildman–Crippen MR) is 79.1 cm³/mol. The molecule has 6 heteroatoms. The third kappa shape index (κ3) is 3.98.